The fraction of sp³-hybridized carbons (Fsp3) is 0.125. The molecule has 7 heteroatoms. The quantitative estimate of drug-likeness (QED) is 0.825. The molecule has 1 aromatic rings. The number of rotatable bonds is 2. The van der Waals surface area contributed by atoms with E-state index in [1.165, 1.54) is 18.2 Å². The Morgan fingerprint density at radius 1 is 1.47 bits per heavy atom. The normalized spacial score (nSPS) is 11.1. The van der Waals surface area contributed by atoms with Crippen LogP contribution in [0.5, 0.6) is 0 Å². The number of anilines is 1. The van der Waals surface area contributed by atoms with Crippen molar-refractivity contribution in [3.05, 3.63) is 23.2 Å². The van der Waals surface area contributed by atoms with E-state index in [0.29, 0.717) is 5.69 Å². The van der Waals surface area contributed by atoms with Crippen molar-refractivity contribution in [1.29, 1.82) is 0 Å². The lowest BCUT2D eigenvalue weighted by Gasteiger charge is -2.05. The molecule has 1 aromatic carbocycles. The molecule has 0 aliphatic carbocycles. The molecule has 0 saturated carbocycles. The number of benzene rings is 1. The van der Waals surface area contributed by atoms with E-state index in [4.69, 9.17) is 17.3 Å². The number of nitrogens with two attached hydrogens (primary N) is 1. The summed E-state index contributed by atoms with van der Waals surface area (Å²) in [6.45, 7) is 0. The number of hydrogen-bond donors (Lipinski definition) is 2. The Morgan fingerprint density at radius 3 is 2.47 bits per heavy atom. The van der Waals surface area contributed by atoms with Crippen molar-refractivity contribution in [3.63, 3.8) is 0 Å². The van der Waals surface area contributed by atoms with E-state index in [9.17, 15) is 13.2 Å². The number of hydrogen-bond acceptors (Lipinski definition) is 3. The highest BCUT2D eigenvalue weighted by molar-refractivity contribution is 7.90. The zero-order valence-corrected chi connectivity index (χ0v) is 9.39. The minimum absolute atomic E-state index is 0.0131. The van der Waals surface area contributed by atoms with E-state index < -0.39 is 15.9 Å². The van der Waals surface area contributed by atoms with Gasteiger partial charge in [0.1, 0.15) is 0 Å². The highest BCUT2D eigenvalue weighted by Gasteiger charge is 2.12. The molecule has 0 atom stereocenters. The molecular formula is C8H9ClN2O3S. The van der Waals surface area contributed by atoms with Crippen LogP contribution in [-0.2, 0) is 9.84 Å². The van der Waals surface area contributed by atoms with Gasteiger partial charge >= 0.3 is 6.03 Å². The van der Waals surface area contributed by atoms with Gasteiger partial charge in [-0.15, -0.1) is 0 Å². The Labute approximate surface area is 92.1 Å². The average molecular weight is 249 g/mol. The van der Waals surface area contributed by atoms with E-state index in [1.807, 2.05) is 0 Å². The third kappa shape index (κ3) is 3.10. The van der Waals surface area contributed by atoms with E-state index in [1.54, 1.807) is 0 Å². The molecule has 0 aromatic heterocycles. The molecule has 0 saturated heterocycles. The summed E-state index contributed by atoms with van der Waals surface area (Å²) in [6.07, 6.45) is 1.05. The first-order valence-electron chi connectivity index (χ1n) is 3.87. The van der Waals surface area contributed by atoms with Crippen LogP contribution in [0.3, 0.4) is 0 Å². The van der Waals surface area contributed by atoms with E-state index in [-0.39, 0.29) is 9.92 Å². The van der Waals surface area contributed by atoms with Crippen LogP contribution in [-0.4, -0.2) is 20.7 Å². The van der Waals surface area contributed by atoms with Crippen LogP contribution >= 0.6 is 11.6 Å². The molecule has 15 heavy (non-hydrogen) atoms. The molecule has 0 bridgehead atoms. The summed E-state index contributed by atoms with van der Waals surface area (Å²) in [4.78, 5) is 10.5. The molecule has 0 unspecified atom stereocenters. The fourth-order valence-electron chi connectivity index (χ4n) is 1.02. The second-order valence-electron chi connectivity index (χ2n) is 2.91. The van der Waals surface area contributed by atoms with Gasteiger partial charge in [-0.2, -0.15) is 0 Å². The van der Waals surface area contributed by atoms with Crippen molar-refractivity contribution in [2.45, 2.75) is 4.90 Å². The van der Waals surface area contributed by atoms with Crippen LogP contribution in [0.4, 0.5) is 10.5 Å². The van der Waals surface area contributed by atoms with Crippen molar-refractivity contribution < 1.29 is 13.2 Å². The summed E-state index contributed by atoms with van der Waals surface area (Å²) in [5.74, 6) is 0. The molecule has 5 nitrogen and oxygen atoms in total. The lowest BCUT2D eigenvalue weighted by Crippen LogP contribution is -2.19. The van der Waals surface area contributed by atoms with Crippen LogP contribution in [0, 0.1) is 0 Å². The smallest absolute Gasteiger partial charge is 0.316 e. The largest absolute Gasteiger partial charge is 0.351 e. The molecule has 3 N–H and O–H groups in total. The molecule has 0 fully saturated rings. The van der Waals surface area contributed by atoms with Gasteiger partial charge in [0.2, 0.25) is 0 Å². The van der Waals surface area contributed by atoms with Gasteiger partial charge in [0.15, 0.2) is 9.84 Å². The van der Waals surface area contributed by atoms with Gasteiger partial charge in [-0.25, -0.2) is 13.2 Å². The van der Waals surface area contributed by atoms with Crippen molar-refractivity contribution in [2.75, 3.05) is 11.6 Å². The highest BCUT2D eigenvalue weighted by Crippen LogP contribution is 2.24. The minimum Gasteiger partial charge on any atom is -0.351 e. The molecular weight excluding hydrogens is 240 g/mol. The number of carbonyl (C=O) groups is 1. The highest BCUT2D eigenvalue weighted by atomic mass is 35.5. The zero-order valence-electron chi connectivity index (χ0n) is 7.82. The van der Waals surface area contributed by atoms with E-state index in [2.05, 4.69) is 5.32 Å². The summed E-state index contributed by atoms with van der Waals surface area (Å²) in [5.41, 5.74) is 5.23. The van der Waals surface area contributed by atoms with Crippen molar-refractivity contribution >= 4 is 33.2 Å². The Bertz CT molecular complexity index is 499. The number of primary amides is 1. The first-order valence-corrected chi connectivity index (χ1v) is 6.13. The van der Waals surface area contributed by atoms with Crippen molar-refractivity contribution in [2.24, 2.45) is 5.73 Å². The van der Waals surface area contributed by atoms with Gasteiger partial charge in [0.25, 0.3) is 0 Å². The van der Waals surface area contributed by atoms with Crippen molar-refractivity contribution in [1.82, 2.24) is 0 Å². The maximum Gasteiger partial charge on any atom is 0.316 e. The molecule has 0 aliphatic rings. The molecule has 82 valence electrons. The minimum atomic E-state index is -3.35. The standard InChI is InChI=1S/C8H9ClN2O3S/c1-15(13,14)7-3-2-5(4-6(7)9)11-8(10)12/h2-4H,1H3,(H3,10,11,12). The number of carbonyl (C=O) groups excluding carboxylic acids is 1. The Morgan fingerprint density at radius 2 is 2.07 bits per heavy atom. The number of urea groups is 1. The van der Waals surface area contributed by atoms with E-state index >= 15 is 0 Å². The topological polar surface area (TPSA) is 89.3 Å². The third-order valence-electron chi connectivity index (χ3n) is 1.60. The zero-order chi connectivity index (χ0) is 11.6. The first kappa shape index (κ1) is 11.8. The maximum absolute atomic E-state index is 11.2. The summed E-state index contributed by atoms with van der Waals surface area (Å²) in [5, 5.41) is 2.33. The summed E-state index contributed by atoms with van der Waals surface area (Å²) >= 11 is 5.73. The number of halogens is 1. The summed E-state index contributed by atoms with van der Waals surface area (Å²) in [7, 11) is -3.35. The molecule has 1 rings (SSSR count). The Hall–Kier alpha value is -1.27. The van der Waals surface area contributed by atoms with Crippen LogP contribution in [0.1, 0.15) is 0 Å². The predicted molar refractivity (Wildman–Crippen MR) is 57.8 cm³/mol. The number of nitrogens with one attached hydrogen (secondary N) is 1. The second kappa shape index (κ2) is 4.08. The van der Waals surface area contributed by atoms with Gasteiger partial charge in [0.05, 0.1) is 9.92 Å². The van der Waals surface area contributed by atoms with Gasteiger partial charge in [-0.05, 0) is 18.2 Å². The third-order valence-corrected chi connectivity index (χ3v) is 3.18. The Balaban J connectivity index is 3.15. The fourth-order valence-corrected chi connectivity index (χ4v) is 2.35. The van der Waals surface area contributed by atoms with Crippen LogP contribution < -0.4 is 11.1 Å². The first-order chi connectivity index (χ1) is 6.80. The lowest BCUT2D eigenvalue weighted by molar-refractivity contribution is 0.259. The van der Waals surface area contributed by atoms with Crippen LogP contribution in [0.25, 0.3) is 0 Å². The average Bonchev–Trinajstić information content (AvgIpc) is 1.99. The second-order valence-corrected chi connectivity index (χ2v) is 5.30. The lowest BCUT2D eigenvalue weighted by atomic mass is 10.3. The number of amides is 2. The van der Waals surface area contributed by atoms with Crippen molar-refractivity contribution in [3.8, 4) is 0 Å². The van der Waals surface area contributed by atoms with Gasteiger partial charge < -0.3 is 11.1 Å². The summed E-state index contributed by atoms with van der Waals surface area (Å²) in [6, 6.07) is 3.30. The predicted octanol–water partition coefficient (Wildman–Crippen LogP) is 1.23. The van der Waals surface area contributed by atoms with Gasteiger partial charge in [-0.3, -0.25) is 0 Å². The van der Waals surface area contributed by atoms with Gasteiger partial charge in [0, 0.05) is 11.9 Å². The Kier molecular flexibility index (Phi) is 3.21. The maximum atomic E-state index is 11.2. The van der Waals surface area contributed by atoms with Crippen LogP contribution in [0.2, 0.25) is 5.02 Å². The molecule has 0 heterocycles. The van der Waals surface area contributed by atoms with Gasteiger partial charge in [-0.1, -0.05) is 11.6 Å². The van der Waals surface area contributed by atoms with E-state index in [0.717, 1.165) is 6.26 Å². The monoisotopic (exact) mass is 248 g/mol. The van der Waals surface area contributed by atoms with Crippen LogP contribution in [0.15, 0.2) is 23.1 Å². The molecule has 0 radical (unpaired) electrons. The molecule has 0 aliphatic heterocycles. The summed E-state index contributed by atoms with van der Waals surface area (Å²) < 4.78 is 22.4. The molecule has 0 spiro atoms. The molecule has 2 amide bonds. The SMILES string of the molecule is CS(=O)(=O)c1ccc(NC(N)=O)cc1Cl. The number of sulfone groups is 1.